The minimum atomic E-state index is -0.503. The molecule has 92 valence electrons. The van der Waals surface area contributed by atoms with E-state index in [0.29, 0.717) is 6.61 Å². The standard InChI is InChI=1S/C13H12N2O3/c1-2-7-18-10-5-3-9(4-6-10)8-11-12(16)15-13(17)14-11/h2-6,8H,1,7H2,(H2,14,15,16,17)/b11-8-. The molecular weight excluding hydrogens is 232 g/mol. The Labute approximate surface area is 104 Å². The molecule has 0 radical (unpaired) electrons. The molecule has 0 saturated carbocycles. The molecule has 0 aromatic heterocycles. The number of imide groups is 1. The van der Waals surface area contributed by atoms with Crippen LogP contribution in [0.4, 0.5) is 4.79 Å². The predicted octanol–water partition coefficient (Wildman–Crippen LogP) is 1.43. The van der Waals surface area contributed by atoms with Crippen LogP contribution < -0.4 is 15.4 Å². The second kappa shape index (κ2) is 5.18. The van der Waals surface area contributed by atoms with Gasteiger partial charge in [-0.1, -0.05) is 24.8 Å². The van der Waals surface area contributed by atoms with Gasteiger partial charge < -0.3 is 10.1 Å². The van der Waals surface area contributed by atoms with Crippen molar-refractivity contribution >= 4 is 18.0 Å². The van der Waals surface area contributed by atoms with Crippen molar-refractivity contribution in [3.63, 3.8) is 0 Å². The van der Waals surface area contributed by atoms with Crippen LogP contribution in [0.1, 0.15) is 5.56 Å². The van der Waals surface area contributed by atoms with E-state index in [0.717, 1.165) is 11.3 Å². The molecule has 18 heavy (non-hydrogen) atoms. The van der Waals surface area contributed by atoms with Gasteiger partial charge in [0, 0.05) is 0 Å². The Morgan fingerprint density at radius 1 is 1.17 bits per heavy atom. The lowest BCUT2D eigenvalue weighted by Gasteiger charge is -2.03. The summed E-state index contributed by atoms with van der Waals surface area (Å²) < 4.78 is 5.33. The Morgan fingerprint density at radius 2 is 1.89 bits per heavy atom. The van der Waals surface area contributed by atoms with Crippen LogP contribution >= 0.6 is 0 Å². The average molecular weight is 244 g/mol. The molecule has 1 aromatic rings. The molecule has 1 heterocycles. The molecule has 0 atom stereocenters. The molecule has 3 amide bonds. The van der Waals surface area contributed by atoms with Crippen LogP contribution in [-0.4, -0.2) is 18.5 Å². The second-order valence-electron chi connectivity index (χ2n) is 3.63. The number of urea groups is 1. The summed E-state index contributed by atoms with van der Waals surface area (Å²) in [4.78, 5) is 22.2. The first kappa shape index (κ1) is 11.9. The maximum atomic E-state index is 11.3. The molecule has 0 spiro atoms. The van der Waals surface area contributed by atoms with Crippen molar-refractivity contribution in [1.82, 2.24) is 10.6 Å². The van der Waals surface area contributed by atoms with E-state index >= 15 is 0 Å². The van der Waals surface area contributed by atoms with Crippen LogP contribution in [0.2, 0.25) is 0 Å². The molecule has 1 aliphatic heterocycles. The average Bonchev–Trinajstić information content (AvgIpc) is 2.67. The number of hydrogen-bond donors (Lipinski definition) is 2. The zero-order valence-corrected chi connectivity index (χ0v) is 9.60. The molecule has 2 N–H and O–H groups in total. The van der Waals surface area contributed by atoms with Crippen molar-refractivity contribution < 1.29 is 14.3 Å². The van der Waals surface area contributed by atoms with Crippen molar-refractivity contribution in [2.75, 3.05) is 6.61 Å². The van der Waals surface area contributed by atoms with Gasteiger partial charge in [-0.15, -0.1) is 0 Å². The van der Waals surface area contributed by atoms with Crippen molar-refractivity contribution in [2.24, 2.45) is 0 Å². The van der Waals surface area contributed by atoms with Gasteiger partial charge in [0.1, 0.15) is 18.1 Å². The summed E-state index contributed by atoms with van der Waals surface area (Å²) in [5, 5.41) is 4.55. The first-order valence-corrected chi connectivity index (χ1v) is 5.37. The number of amides is 3. The summed E-state index contributed by atoms with van der Waals surface area (Å²) in [6.45, 7) is 4.00. The number of nitrogens with one attached hydrogen (secondary N) is 2. The Kier molecular flexibility index (Phi) is 3.43. The number of hydrogen-bond acceptors (Lipinski definition) is 3. The van der Waals surface area contributed by atoms with Crippen molar-refractivity contribution in [1.29, 1.82) is 0 Å². The maximum Gasteiger partial charge on any atom is 0.326 e. The number of rotatable bonds is 4. The van der Waals surface area contributed by atoms with E-state index in [2.05, 4.69) is 17.2 Å². The molecule has 1 aromatic carbocycles. The first-order valence-electron chi connectivity index (χ1n) is 5.37. The predicted molar refractivity (Wildman–Crippen MR) is 66.8 cm³/mol. The molecule has 5 heteroatoms. The highest BCUT2D eigenvalue weighted by Gasteiger charge is 2.22. The third kappa shape index (κ3) is 2.76. The second-order valence-corrected chi connectivity index (χ2v) is 3.63. The zero-order valence-electron chi connectivity index (χ0n) is 9.60. The van der Waals surface area contributed by atoms with Crippen molar-refractivity contribution in [2.45, 2.75) is 0 Å². The summed E-state index contributed by atoms with van der Waals surface area (Å²) in [5.74, 6) is 0.295. The topological polar surface area (TPSA) is 67.4 Å². The Bertz CT molecular complexity index is 518. The van der Waals surface area contributed by atoms with Crippen LogP contribution in [0.3, 0.4) is 0 Å². The van der Waals surface area contributed by atoms with Crippen LogP contribution in [0.25, 0.3) is 6.08 Å². The fraction of sp³-hybridized carbons (Fsp3) is 0.0769. The minimum Gasteiger partial charge on any atom is -0.490 e. The zero-order chi connectivity index (χ0) is 13.0. The van der Waals surface area contributed by atoms with E-state index in [1.807, 2.05) is 0 Å². The number of carbonyl (C=O) groups is 2. The van der Waals surface area contributed by atoms with Crippen LogP contribution in [0.5, 0.6) is 5.75 Å². The first-order chi connectivity index (χ1) is 8.69. The van der Waals surface area contributed by atoms with Crippen molar-refractivity contribution in [3.05, 3.63) is 48.2 Å². The molecule has 1 aliphatic rings. The van der Waals surface area contributed by atoms with Gasteiger partial charge in [0.05, 0.1) is 0 Å². The maximum absolute atomic E-state index is 11.3. The van der Waals surface area contributed by atoms with E-state index in [1.165, 1.54) is 0 Å². The van der Waals surface area contributed by atoms with Crippen LogP contribution in [0, 0.1) is 0 Å². The monoisotopic (exact) mass is 244 g/mol. The van der Waals surface area contributed by atoms with Crippen molar-refractivity contribution in [3.8, 4) is 5.75 Å². The number of carbonyl (C=O) groups excluding carboxylic acids is 2. The van der Waals surface area contributed by atoms with E-state index < -0.39 is 11.9 Å². The molecule has 0 unspecified atom stereocenters. The molecule has 2 rings (SSSR count). The van der Waals surface area contributed by atoms with Crippen LogP contribution in [0.15, 0.2) is 42.6 Å². The number of ether oxygens (including phenoxy) is 1. The Balaban J connectivity index is 2.10. The summed E-state index contributed by atoms with van der Waals surface area (Å²) >= 11 is 0. The highest BCUT2D eigenvalue weighted by atomic mass is 16.5. The minimum absolute atomic E-state index is 0.236. The normalized spacial score (nSPS) is 16.3. The third-order valence-corrected chi connectivity index (χ3v) is 2.28. The van der Waals surface area contributed by atoms with Gasteiger partial charge >= 0.3 is 6.03 Å². The van der Waals surface area contributed by atoms with Gasteiger partial charge in [-0.3, -0.25) is 10.1 Å². The lowest BCUT2D eigenvalue weighted by atomic mass is 10.2. The van der Waals surface area contributed by atoms with Gasteiger partial charge in [0.25, 0.3) is 5.91 Å². The highest BCUT2D eigenvalue weighted by Crippen LogP contribution is 2.14. The molecule has 1 saturated heterocycles. The fourth-order valence-electron chi connectivity index (χ4n) is 1.46. The lowest BCUT2D eigenvalue weighted by Crippen LogP contribution is -2.22. The molecular formula is C13H12N2O3. The van der Waals surface area contributed by atoms with Gasteiger partial charge in [-0.2, -0.15) is 0 Å². The van der Waals surface area contributed by atoms with Gasteiger partial charge in [-0.05, 0) is 23.8 Å². The third-order valence-electron chi connectivity index (χ3n) is 2.28. The van der Waals surface area contributed by atoms with E-state index in [1.54, 1.807) is 36.4 Å². The van der Waals surface area contributed by atoms with Crippen LogP contribution in [-0.2, 0) is 4.79 Å². The molecule has 5 nitrogen and oxygen atoms in total. The lowest BCUT2D eigenvalue weighted by molar-refractivity contribution is -0.115. The highest BCUT2D eigenvalue weighted by molar-refractivity contribution is 6.13. The summed E-state index contributed by atoms with van der Waals surface area (Å²) in [7, 11) is 0. The van der Waals surface area contributed by atoms with Gasteiger partial charge in [0.2, 0.25) is 0 Å². The summed E-state index contributed by atoms with van der Waals surface area (Å²) in [5.41, 5.74) is 1.04. The van der Waals surface area contributed by atoms with Gasteiger partial charge in [-0.25, -0.2) is 4.79 Å². The fourth-order valence-corrected chi connectivity index (χ4v) is 1.46. The smallest absolute Gasteiger partial charge is 0.326 e. The SMILES string of the molecule is C=CCOc1ccc(/C=C2\NC(=O)NC2=O)cc1. The molecule has 1 fully saturated rings. The Morgan fingerprint density at radius 3 is 2.44 bits per heavy atom. The largest absolute Gasteiger partial charge is 0.490 e. The van der Waals surface area contributed by atoms with E-state index in [-0.39, 0.29) is 5.70 Å². The van der Waals surface area contributed by atoms with E-state index in [9.17, 15) is 9.59 Å². The Hall–Kier alpha value is -2.56. The quantitative estimate of drug-likeness (QED) is 0.478. The number of benzene rings is 1. The molecule has 0 bridgehead atoms. The summed E-state index contributed by atoms with van der Waals surface area (Å²) in [6, 6.07) is 6.65. The van der Waals surface area contributed by atoms with E-state index in [4.69, 9.17) is 4.74 Å². The molecule has 0 aliphatic carbocycles. The summed E-state index contributed by atoms with van der Waals surface area (Å²) in [6.07, 6.45) is 3.26. The van der Waals surface area contributed by atoms with Gasteiger partial charge in [0.15, 0.2) is 0 Å².